The molecule has 0 spiro atoms. The van der Waals surface area contributed by atoms with E-state index in [0.29, 0.717) is 11.4 Å². The van der Waals surface area contributed by atoms with Crippen LogP contribution in [-0.2, 0) is 16.6 Å². The van der Waals surface area contributed by atoms with Gasteiger partial charge in [-0.05, 0) is 36.8 Å². The van der Waals surface area contributed by atoms with E-state index in [1.54, 1.807) is 0 Å². The molecule has 2 N–H and O–H groups in total. The molecule has 27 heavy (non-hydrogen) atoms. The molecule has 0 saturated carbocycles. The highest BCUT2D eigenvalue weighted by Crippen LogP contribution is 2.44. The molecule has 0 amide bonds. The SMILES string of the molecule is Cc1ccc2c(c1)COc1c(C(F)F)nn(-c3ccc(S(N)(=O)=O)cc3)c1-2. The van der Waals surface area contributed by atoms with Gasteiger partial charge in [0.15, 0.2) is 11.4 Å². The maximum atomic E-state index is 13.5. The van der Waals surface area contributed by atoms with Gasteiger partial charge in [-0.3, -0.25) is 0 Å². The Balaban J connectivity index is 1.94. The van der Waals surface area contributed by atoms with Gasteiger partial charge >= 0.3 is 0 Å². The molecule has 0 aliphatic carbocycles. The van der Waals surface area contributed by atoms with Crippen molar-refractivity contribution >= 4 is 10.0 Å². The molecule has 0 radical (unpaired) electrons. The number of nitrogens with zero attached hydrogens (tertiary/aromatic N) is 2. The second kappa shape index (κ2) is 6.14. The molecule has 1 aliphatic rings. The van der Waals surface area contributed by atoms with Crippen LogP contribution in [0.5, 0.6) is 5.75 Å². The molecule has 9 heteroatoms. The Morgan fingerprint density at radius 1 is 1.19 bits per heavy atom. The van der Waals surface area contributed by atoms with E-state index in [9.17, 15) is 17.2 Å². The smallest absolute Gasteiger partial charge is 0.285 e. The van der Waals surface area contributed by atoms with Crippen LogP contribution in [0.15, 0.2) is 47.4 Å². The van der Waals surface area contributed by atoms with Gasteiger partial charge in [0.1, 0.15) is 12.3 Å². The first-order chi connectivity index (χ1) is 12.8. The second-order valence-corrected chi connectivity index (χ2v) is 7.83. The fourth-order valence-electron chi connectivity index (χ4n) is 3.13. The predicted molar refractivity (Wildman–Crippen MR) is 94.4 cm³/mol. The van der Waals surface area contributed by atoms with Crippen LogP contribution in [0.4, 0.5) is 8.78 Å². The molecule has 0 bridgehead atoms. The average Bonchev–Trinajstić information content (AvgIpc) is 3.01. The number of hydrogen-bond donors (Lipinski definition) is 1. The summed E-state index contributed by atoms with van der Waals surface area (Å²) in [4.78, 5) is -0.0753. The number of benzene rings is 2. The summed E-state index contributed by atoms with van der Waals surface area (Å²) in [5.41, 5.74) is 3.02. The molecular formula is C18H15F2N3O3S. The Morgan fingerprint density at radius 2 is 1.89 bits per heavy atom. The summed E-state index contributed by atoms with van der Waals surface area (Å²) in [5.74, 6) is 0.0388. The van der Waals surface area contributed by atoms with Crippen molar-refractivity contribution in [2.75, 3.05) is 0 Å². The molecule has 0 saturated heterocycles. The van der Waals surface area contributed by atoms with Gasteiger partial charge in [-0.2, -0.15) is 5.10 Å². The predicted octanol–water partition coefficient (Wildman–Crippen LogP) is 3.33. The van der Waals surface area contributed by atoms with Crippen LogP contribution in [0.1, 0.15) is 23.2 Å². The van der Waals surface area contributed by atoms with Crippen LogP contribution in [0.25, 0.3) is 16.9 Å². The van der Waals surface area contributed by atoms with Crippen molar-refractivity contribution in [3.8, 4) is 22.7 Å². The first-order valence-electron chi connectivity index (χ1n) is 8.02. The van der Waals surface area contributed by atoms with Gasteiger partial charge in [0.05, 0.1) is 10.6 Å². The van der Waals surface area contributed by atoms with Crippen molar-refractivity contribution in [1.29, 1.82) is 0 Å². The van der Waals surface area contributed by atoms with Crippen LogP contribution in [0.3, 0.4) is 0 Å². The number of primary sulfonamides is 1. The van der Waals surface area contributed by atoms with E-state index >= 15 is 0 Å². The lowest BCUT2D eigenvalue weighted by Gasteiger charge is -2.20. The number of aromatic nitrogens is 2. The zero-order valence-electron chi connectivity index (χ0n) is 14.2. The normalized spacial score (nSPS) is 13.2. The molecule has 1 aromatic heterocycles. The lowest BCUT2D eigenvalue weighted by atomic mass is 9.99. The molecule has 0 atom stereocenters. The van der Waals surface area contributed by atoms with Gasteiger partial charge in [0, 0.05) is 5.56 Å². The molecule has 0 unspecified atom stereocenters. The van der Waals surface area contributed by atoms with Gasteiger partial charge < -0.3 is 4.74 Å². The van der Waals surface area contributed by atoms with E-state index in [0.717, 1.165) is 16.7 Å². The Bertz CT molecular complexity index is 1140. The lowest BCUT2D eigenvalue weighted by molar-refractivity contribution is 0.139. The molecule has 1 aliphatic heterocycles. The van der Waals surface area contributed by atoms with E-state index in [2.05, 4.69) is 5.10 Å². The average molecular weight is 391 g/mol. The highest BCUT2D eigenvalue weighted by Gasteiger charge is 2.31. The second-order valence-electron chi connectivity index (χ2n) is 6.26. The number of ether oxygens (including phenoxy) is 1. The summed E-state index contributed by atoms with van der Waals surface area (Å²) >= 11 is 0. The van der Waals surface area contributed by atoms with Crippen LogP contribution in [0.2, 0.25) is 0 Å². The summed E-state index contributed by atoms with van der Waals surface area (Å²) in [5, 5.41) is 9.14. The van der Waals surface area contributed by atoms with Crippen molar-refractivity contribution in [3.05, 3.63) is 59.3 Å². The minimum Gasteiger partial charge on any atom is -0.484 e. The molecule has 4 rings (SSSR count). The van der Waals surface area contributed by atoms with Gasteiger partial charge in [-0.1, -0.05) is 23.8 Å². The van der Waals surface area contributed by atoms with Gasteiger partial charge in [0.25, 0.3) is 6.43 Å². The number of sulfonamides is 1. The minimum absolute atomic E-state index is 0.0388. The van der Waals surface area contributed by atoms with Crippen molar-refractivity contribution < 1.29 is 21.9 Å². The summed E-state index contributed by atoms with van der Waals surface area (Å²) in [6.45, 7) is 2.11. The van der Waals surface area contributed by atoms with E-state index in [-0.39, 0.29) is 17.3 Å². The number of fused-ring (bicyclic) bond motifs is 3. The number of aryl methyl sites for hydroxylation is 1. The Kier molecular flexibility index (Phi) is 4.01. The number of alkyl halides is 2. The molecule has 140 valence electrons. The van der Waals surface area contributed by atoms with Crippen LogP contribution in [0, 0.1) is 6.92 Å². The van der Waals surface area contributed by atoms with Crippen molar-refractivity contribution in [2.24, 2.45) is 5.14 Å². The lowest BCUT2D eigenvalue weighted by Crippen LogP contribution is -2.12. The molecule has 3 aromatic rings. The van der Waals surface area contributed by atoms with Crippen LogP contribution < -0.4 is 9.88 Å². The molecule has 2 aromatic carbocycles. The monoisotopic (exact) mass is 391 g/mol. The topological polar surface area (TPSA) is 87.2 Å². The first-order valence-corrected chi connectivity index (χ1v) is 9.57. The van der Waals surface area contributed by atoms with E-state index in [1.165, 1.54) is 28.9 Å². The van der Waals surface area contributed by atoms with Gasteiger partial charge in [0.2, 0.25) is 10.0 Å². The van der Waals surface area contributed by atoms with Gasteiger partial charge in [-0.15, -0.1) is 0 Å². The van der Waals surface area contributed by atoms with E-state index < -0.39 is 22.1 Å². The Morgan fingerprint density at radius 3 is 2.52 bits per heavy atom. The summed E-state index contributed by atoms with van der Waals surface area (Å²) in [6, 6.07) is 11.2. The quantitative estimate of drug-likeness (QED) is 0.742. The third-order valence-corrected chi connectivity index (χ3v) is 5.30. The molecule has 6 nitrogen and oxygen atoms in total. The van der Waals surface area contributed by atoms with Crippen molar-refractivity contribution in [2.45, 2.75) is 24.9 Å². The van der Waals surface area contributed by atoms with E-state index in [1.807, 2.05) is 25.1 Å². The minimum atomic E-state index is -3.86. The van der Waals surface area contributed by atoms with Crippen molar-refractivity contribution in [1.82, 2.24) is 9.78 Å². The maximum absolute atomic E-state index is 13.5. The Labute approximate surface area is 154 Å². The number of hydrogen-bond acceptors (Lipinski definition) is 4. The zero-order valence-corrected chi connectivity index (χ0v) is 15.0. The zero-order chi connectivity index (χ0) is 19.3. The highest BCUT2D eigenvalue weighted by atomic mass is 32.2. The third kappa shape index (κ3) is 2.98. The van der Waals surface area contributed by atoms with Crippen molar-refractivity contribution in [3.63, 3.8) is 0 Å². The fourth-order valence-corrected chi connectivity index (χ4v) is 3.64. The number of nitrogens with two attached hydrogens (primary N) is 1. The van der Waals surface area contributed by atoms with Gasteiger partial charge in [-0.25, -0.2) is 27.0 Å². The summed E-state index contributed by atoms with van der Waals surface area (Å²) < 4.78 is 56.8. The Hall–Kier alpha value is -2.78. The standard InChI is InChI=1S/C18H15F2N3O3S/c1-10-2-7-14-11(8-10)9-26-17-15(18(19)20)22-23(16(14)17)12-3-5-13(6-4-12)27(21,24)25/h2-8,18H,9H2,1H3,(H2,21,24,25). The van der Waals surface area contributed by atoms with E-state index in [4.69, 9.17) is 9.88 Å². The molecular weight excluding hydrogens is 376 g/mol. The first kappa shape index (κ1) is 17.6. The largest absolute Gasteiger partial charge is 0.484 e. The summed E-state index contributed by atoms with van der Waals surface area (Å²) in [7, 11) is -3.86. The molecule has 2 heterocycles. The number of halogens is 2. The summed E-state index contributed by atoms with van der Waals surface area (Å²) in [6.07, 6.45) is -2.81. The maximum Gasteiger partial charge on any atom is 0.285 e. The number of rotatable bonds is 3. The highest BCUT2D eigenvalue weighted by molar-refractivity contribution is 7.89. The fraction of sp³-hybridized carbons (Fsp3) is 0.167. The van der Waals surface area contributed by atoms with Crippen LogP contribution in [-0.4, -0.2) is 18.2 Å². The van der Waals surface area contributed by atoms with Crippen LogP contribution >= 0.6 is 0 Å². The molecule has 0 fully saturated rings. The third-order valence-electron chi connectivity index (χ3n) is 4.37.